The van der Waals surface area contributed by atoms with Crippen LogP contribution in [0.2, 0.25) is 0 Å². The first-order chi connectivity index (χ1) is 9.66. The molecule has 4 nitrogen and oxygen atoms in total. The second-order valence-corrected chi connectivity index (χ2v) is 6.37. The van der Waals surface area contributed by atoms with Gasteiger partial charge in [-0.2, -0.15) is 0 Å². The summed E-state index contributed by atoms with van der Waals surface area (Å²) in [6.45, 7) is 3.34. The lowest BCUT2D eigenvalue weighted by atomic mass is 9.94. The Morgan fingerprint density at radius 1 is 1.45 bits per heavy atom. The summed E-state index contributed by atoms with van der Waals surface area (Å²) in [5, 5.41) is 4.89. The van der Waals surface area contributed by atoms with Gasteiger partial charge >= 0.3 is 0 Å². The van der Waals surface area contributed by atoms with Gasteiger partial charge in [-0.1, -0.05) is 0 Å². The predicted octanol–water partition coefficient (Wildman–Crippen LogP) is 2.46. The van der Waals surface area contributed by atoms with Crippen LogP contribution in [0.25, 0.3) is 0 Å². The Labute approximate surface area is 124 Å². The predicted molar refractivity (Wildman–Crippen MR) is 82.2 cm³/mol. The van der Waals surface area contributed by atoms with Crippen LogP contribution < -0.4 is 11.1 Å². The molecule has 0 atom stereocenters. The average Bonchev–Trinajstić information content (AvgIpc) is 2.86. The number of thiophene rings is 1. The molecule has 1 aromatic rings. The topological polar surface area (TPSA) is 64.3 Å². The molecule has 20 heavy (non-hydrogen) atoms. The number of hydrogen-bond acceptors (Lipinski definition) is 4. The van der Waals surface area contributed by atoms with Crippen LogP contribution >= 0.6 is 11.3 Å². The van der Waals surface area contributed by atoms with Crippen molar-refractivity contribution in [3.63, 3.8) is 0 Å². The Hall–Kier alpha value is -0.910. The lowest BCUT2D eigenvalue weighted by Crippen LogP contribution is -2.31. The van der Waals surface area contributed by atoms with Crippen molar-refractivity contribution in [2.45, 2.75) is 51.2 Å². The number of aryl methyl sites for hydroxylation is 1. The molecule has 5 heteroatoms. The fourth-order valence-electron chi connectivity index (χ4n) is 2.47. The van der Waals surface area contributed by atoms with E-state index in [1.165, 1.54) is 11.3 Å². The Morgan fingerprint density at radius 3 is 2.85 bits per heavy atom. The molecule has 0 aliphatic heterocycles. The zero-order chi connectivity index (χ0) is 14.4. The summed E-state index contributed by atoms with van der Waals surface area (Å²) < 4.78 is 5.82. The summed E-state index contributed by atoms with van der Waals surface area (Å²) in [5.41, 5.74) is 6.91. The molecule has 1 aliphatic carbocycles. The molecular weight excluding hydrogens is 272 g/mol. The summed E-state index contributed by atoms with van der Waals surface area (Å²) in [6, 6.07) is 2.33. The van der Waals surface area contributed by atoms with E-state index < -0.39 is 0 Å². The van der Waals surface area contributed by atoms with Gasteiger partial charge in [0, 0.05) is 19.2 Å². The number of ether oxygens (including phenoxy) is 1. The molecular formula is C15H24N2O2S. The molecule has 0 radical (unpaired) electrons. The Bertz CT molecular complexity index is 425. The Kier molecular flexibility index (Phi) is 6.01. The molecule has 3 N–H and O–H groups in total. The van der Waals surface area contributed by atoms with Gasteiger partial charge in [-0.05, 0) is 56.0 Å². The maximum atomic E-state index is 11.9. The highest BCUT2D eigenvalue weighted by Gasteiger charge is 2.18. The van der Waals surface area contributed by atoms with Crippen LogP contribution in [0.3, 0.4) is 0 Å². The third kappa shape index (κ3) is 4.58. The first kappa shape index (κ1) is 15.5. The highest BCUT2D eigenvalue weighted by Crippen LogP contribution is 2.19. The van der Waals surface area contributed by atoms with E-state index in [2.05, 4.69) is 5.32 Å². The van der Waals surface area contributed by atoms with Crippen molar-refractivity contribution in [1.82, 2.24) is 5.32 Å². The van der Waals surface area contributed by atoms with E-state index >= 15 is 0 Å². The molecule has 0 saturated heterocycles. The lowest BCUT2D eigenvalue weighted by molar-refractivity contribution is 0.0241. The standard InChI is InChI=1S/C15H24N2O2S/c1-11-7-10-20-14(11)15(18)17-8-2-9-19-13-5-3-12(16)4-6-13/h7,10,12-13H,2-6,8-9,16H2,1H3,(H,17,18). The Morgan fingerprint density at radius 2 is 2.20 bits per heavy atom. The van der Waals surface area contributed by atoms with Crippen LogP contribution in [-0.4, -0.2) is 31.2 Å². The van der Waals surface area contributed by atoms with Crippen molar-refractivity contribution in [1.29, 1.82) is 0 Å². The number of carbonyl (C=O) groups excluding carboxylic acids is 1. The fourth-order valence-corrected chi connectivity index (χ4v) is 3.31. The van der Waals surface area contributed by atoms with Gasteiger partial charge in [0.25, 0.3) is 5.91 Å². The van der Waals surface area contributed by atoms with Gasteiger partial charge in [0.05, 0.1) is 11.0 Å². The van der Waals surface area contributed by atoms with Crippen LogP contribution in [0, 0.1) is 6.92 Å². The smallest absolute Gasteiger partial charge is 0.261 e. The normalized spacial score (nSPS) is 22.7. The third-order valence-corrected chi connectivity index (χ3v) is 4.76. The van der Waals surface area contributed by atoms with Crippen LogP contribution in [-0.2, 0) is 4.74 Å². The van der Waals surface area contributed by atoms with Crippen molar-refractivity contribution in [3.8, 4) is 0 Å². The van der Waals surface area contributed by atoms with Crippen molar-refractivity contribution in [3.05, 3.63) is 21.9 Å². The zero-order valence-electron chi connectivity index (χ0n) is 12.1. The Balaban J connectivity index is 1.56. The maximum absolute atomic E-state index is 11.9. The third-order valence-electron chi connectivity index (χ3n) is 3.75. The molecule has 2 rings (SSSR count). The van der Waals surface area contributed by atoms with Crippen LogP contribution in [0.5, 0.6) is 0 Å². The van der Waals surface area contributed by atoms with E-state index in [1.54, 1.807) is 0 Å². The van der Waals surface area contributed by atoms with E-state index in [-0.39, 0.29) is 5.91 Å². The molecule has 112 valence electrons. The van der Waals surface area contributed by atoms with E-state index in [9.17, 15) is 4.79 Å². The lowest BCUT2D eigenvalue weighted by Gasteiger charge is -2.26. The minimum atomic E-state index is 0.0288. The molecule has 1 fully saturated rings. The molecule has 0 aromatic carbocycles. The number of rotatable bonds is 6. The summed E-state index contributed by atoms with van der Waals surface area (Å²) in [7, 11) is 0. The van der Waals surface area contributed by atoms with Crippen molar-refractivity contribution < 1.29 is 9.53 Å². The second kappa shape index (κ2) is 7.76. The number of nitrogens with two attached hydrogens (primary N) is 1. The summed E-state index contributed by atoms with van der Waals surface area (Å²) in [4.78, 5) is 12.7. The van der Waals surface area contributed by atoms with Gasteiger partial charge in [0.2, 0.25) is 0 Å². The number of nitrogens with one attached hydrogen (secondary N) is 1. The highest BCUT2D eigenvalue weighted by atomic mass is 32.1. The van der Waals surface area contributed by atoms with Gasteiger partial charge in [-0.3, -0.25) is 4.79 Å². The van der Waals surface area contributed by atoms with Crippen LogP contribution in [0.1, 0.15) is 47.3 Å². The highest BCUT2D eigenvalue weighted by molar-refractivity contribution is 7.12. The van der Waals surface area contributed by atoms with Gasteiger partial charge in [0.1, 0.15) is 0 Å². The number of carbonyl (C=O) groups is 1. The quantitative estimate of drug-likeness (QED) is 0.793. The molecule has 1 aromatic heterocycles. The van der Waals surface area contributed by atoms with Gasteiger partial charge in [-0.25, -0.2) is 0 Å². The SMILES string of the molecule is Cc1ccsc1C(=O)NCCCOC1CCC(N)CC1. The first-order valence-corrected chi connectivity index (χ1v) is 8.24. The summed E-state index contributed by atoms with van der Waals surface area (Å²) >= 11 is 1.49. The molecule has 0 spiro atoms. The fraction of sp³-hybridized carbons (Fsp3) is 0.667. The van der Waals surface area contributed by atoms with Crippen molar-refractivity contribution in [2.75, 3.05) is 13.2 Å². The van der Waals surface area contributed by atoms with Crippen LogP contribution in [0.4, 0.5) is 0 Å². The van der Waals surface area contributed by atoms with E-state index in [1.807, 2.05) is 18.4 Å². The van der Waals surface area contributed by atoms with Crippen LogP contribution in [0.15, 0.2) is 11.4 Å². The van der Waals surface area contributed by atoms with Crippen molar-refractivity contribution >= 4 is 17.2 Å². The molecule has 0 unspecified atom stereocenters. The van der Waals surface area contributed by atoms with Crippen molar-refractivity contribution in [2.24, 2.45) is 5.73 Å². The van der Waals surface area contributed by atoms with E-state index in [0.717, 1.165) is 42.5 Å². The monoisotopic (exact) mass is 296 g/mol. The first-order valence-electron chi connectivity index (χ1n) is 7.36. The second-order valence-electron chi connectivity index (χ2n) is 5.45. The summed E-state index contributed by atoms with van der Waals surface area (Å²) in [5.74, 6) is 0.0288. The van der Waals surface area contributed by atoms with E-state index in [4.69, 9.17) is 10.5 Å². The molecule has 1 heterocycles. The molecule has 1 saturated carbocycles. The molecule has 0 bridgehead atoms. The molecule has 1 aliphatic rings. The minimum absolute atomic E-state index is 0.0288. The van der Waals surface area contributed by atoms with Gasteiger partial charge in [0.15, 0.2) is 0 Å². The zero-order valence-corrected chi connectivity index (χ0v) is 12.9. The summed E-state index contributed by atoms with van der Waals surface area (Å²) in [6.07, 6.45) is 5.51. The number of hydrogen-bond donors (Lipinski definition) is 2. The average molecular weight is 296 g/mol. The van der Waals surface area contributed by atoms with Gasteiger partial charge in [-0.15, -0.1) is 11.3 Å². The van der Waals surface area contributed by atoms with Gasteiger partial charge < -0.3 is 15.8 Å². The molecule has 1 amide bonds. The minimum Gasteiger partial charge on any atom is -0.378 e. The van der Waals surface area contributed by atoms with E-state index in [0.29, 0.717) is 25.3 Å². The maximum Gasteiger partial charge on any atom is 0.261 e. The number of amides is 1. The largest absolute Gasteiger partial charge is 0.378 e.